The van der Waals surface area contributed by atoms with E-state index in [0.717, 1.165) is 0 Å². The van der Waals surface area contributed by atoms with Crippen LogP contribution < -0.4 is 25.5 Å². The molecule has 9 nitrogen and oxygen atoms in total. The molecule has 0 saturated heterocycles. The van der Waals surface area contributed by atoms with Crippen LogP contribution in [-0.4, -0.2) is 37.1 Å². The molecule has 3 N–H and O–H groups in total. The second kappa shape index (κ2) is 13.1. The van der Waals surface area contributed by atoms with Crippen LogP contribution in [0.25, 0.3) is 0 Å². The Labute approximate surface area is 217 Å². The Morgan fingerprint density at radius 1 is 0.861 bits per heavy atom. The highest BCUT2D eigenvalue weighted by Gasteiger charge is 2.15. The number of hydrogen-bond acceptors (Lipinski definition) is 6. The van der Waals surface area contributed by atoms with Gasteiger partial charge in [-0.15, -0.1) is 0 Å². The smallest absolute Gasteiger partial charge is 0.329 e. The molecule has 0 aliphatic heterocycles. The fourth-order valence-electron chi connectivity index (χ4n) is 2.87. The number of hydrogen-bond donors (Lipinski definition) is 3. The Morgan fingerprint density at radius 3 is 2.33 bits per heavy atom. The fraction of sp³-hybridized carbons (Fsp3) is 0.120. The Balaban J connectivity index is 1.54. The first-order valence-electron chi connectivity index (χ1n) is 10.7. The first-order valence-corrected chi connectivity index (χ1v) is 11.5. The number of hydrazone groups is 1. The van der Waals surface area contributed by atoms with E-state index < -0.39 is 17.7 Å². The molecule has 0 aliphatic rings. The Hall–Kier alpha value is -4.08. The van der Waals surface area contributed by atoms with E-state index >= 15 is 0 Å². The number of anilines is 2. The topological polar surface area (TPSA) is 118 Å². The Morgan fingerprint density at radius 2 is 1.58 bits per heavy atom. The van der Waals surface area contributed by atoms with E-state index in [1.54, 1.807) is 60.7 Å². The van der Waals surface area contributed by atoms with Crippen LogP contribution in [-0.2, 0) is 14.4 Å². The average Bonchev–Trinajstić information content (AvgIpc) is 2.87. The summed E-state index contributed by atoms with van der Waals surface area (Å²) < 4.78 is 11.0. The van der Waals surface area contributed by atoms with Gasteiger partial charge >= 0.3 is 11.8 Å². The van der Waals surface area contributed by atoms with Crippen molar-refractivity contribution in [3.63, 3.8) is 0 Å². The van der Waals surface area contributed by atoms with Gasteiger partial charge < -0.3 is 20.1 Å². The van der Waals surface area contributed by atoms with Gasteiger partial charge in [-0.2, -0.15) is 5.10 Å². The SMILES string of the molecule is CCOc1ccccc1NC(=O)C(=O)N/N=C\c1ccccc1OCC(=O)Nc1ccc(Cl)c(Cl)c1. The molecule has 3 aromatic rings. The van der Waals surface area contributed by atoms with Gasteiger partial charge in [0, 0.05) is 11.3 Å². The van der Waals surface area contributed by atoms with E-state index in [4.69, 9.17) is 32.7 Å². The van der Waals surface area contributed by atoms with Gasteiger partial charge in [0.2, 0.25) is 0 Å². The first-order chi connectivity index (χ1) is 17.4. The molecular formula is C25H22Cl2N4O5. The summed E-state index contributed by atoms with van der Waals surface area (Å²) in [5, 5.41) is 9.63. The Kier molecular flexibility index (Phi) is 9.67. The van der Waals surface area contributed by atoms with Crippen molar-refractivity contribution in [2.24, 2.45) is 5.10 Å². The maximum atomic E-state index is 12.2. The van der Waals surface area contributed by atoms with Crippen molar-refractivity contribution in [3.05, 3.63) is 82.3 Å². The molecule has 0 heterocycles. The van der Waals surface area contributed by atoms with E-state index in [-0.39, 0.29) is 6.61 Å². The number of para-hydroxylation sites is 3. The number of ether oxygens (including phenoxy) is 2. The normalized spacial score (nSPS) is 10.5. The molecule has 3 aromatic carbocycles. The number of nitrogens with zero attached hydrogens (tertiary/aromatic N) is 1. The molecule has 0 saturated carbocycles. The van der Waals surface area contributed by atoms with Crippen molar-refractivity contribution in [1.29, 1.82) is 0 Å². The first kappa shape index (κ1) is 26.5. The van der Waals surface area contributed by atoms with E-state index in [2.05, 4.69) is 21.2 Å². The zero-order chi connectivity index (χ0) is 25.9. The van der Waals surface area contributed by atoms with Crippen LogP contribution in [0.5, 0.6) is 11.5 Å². The Bertz CT molecular complexity index is 1280. The highest BCUT2D eigenvalue weighted by molar-refractivity contribution is 6.42. The number of rotatable bonds is 9. The highest BCUT2D eigenvalue weighted by Crippen LogP contribution is 2.25. The lowest BCUT2D eigenvalue weighted by atomic mass is 10.2. The number of carbonyl (C=O) groups is 3. The van der Waals surface area contributed by atoms with Gasteiger partial charge in [0.15, 0.2) is 6.61 Å². The van der Waals surface area contributed by atoms with Gasteiger partial charge in [-0.05, 0) is 49.4 Å². The van der Waals surface area contributed by atoms with Crippen LogP contribution >= 0.6 is 23.2 Å². The summed E-state index contributed by atoms with van der Waals surface area (Å²) in [6.45, 7) is 1.92. The number of amides is 3. The molecule has 0 aliphatic carbocycles. The largest absolute Gasteiger partial charge is 0.492 e. The van der Waals surface area contributed by atoms with E-state index in [1.165, 1.54) is 12.3 Å². The monoisotopic (exact) mass is 528 g/mol. The van der Waals surface area contributed by atoms with Crippen LogP contribution in [0.3, 0.4) is 0 Å². The van der Waals surface area contributed by atoms with Crippen LogP contribution in [0.2, 0.25) is 10.0 Å². The van der Waals surface area contributed by atoms with Crippen LogP contribution in [0.4, 0.5) is 11.4 Å². The second-order valence-corrected chi connectivity index (χ2v) is 7.90. The van der Waals surface area contributed by atoms with E-state index in [1.807, 2.05) is 6.92 Å². The van der Waals surface area contributed by atoms with Crippen molar-refractivity contribution in [3.8, 4) is 11.5 Å². The molecular weight excluding hydrogens is 507 g/mol. The minimum atomic E-state index is -0.975. The van der Waals surface area contributed by atoms with Crippen molar-refractivity contribution in [1.82, 2.24) is 5.43 Å². The zero-order valence-corrected chi connectivity index (χ0v) is 20.6. The molecule has 36 heavy (non-hydrogen) atoms. The van der Waals surface area contributed by atoms with Crippen LogP contribution in [0.15, 0.2) is 71.8 Å². The highest BCUT2D eigenvalue weighted by atomic mass is 35.5. The summed E-state index contributed by atoms with van der Waals surface area (Å²) in [7, 11) is 0. The third kappa shape index (κ3) is 7.72. The summed E-state index contributed by atoms with van der Waals surface area (Å²) in [4.78, 5) is 36.6. The molecule has 186 valence electrons. The lowest BCUT2D eigenvalue weighted by Crippen LogP contribution is -2.32. The van der Waals surface area contributed by atoms with Gasteiger partial charge in [0.05, 0.1) is 28.6 Å². The maximum Gasteiger partial charge on any atom is 0.329 e. The summed E-state index contributed by atoms with van der Waals surface area (Å²) in [5.41, 5.74) is 3.46. The van der Waals surface area contributed by atoms with Gasteiger partial charge in [-0.3, -0.25) is 14.4 Å². The quantitative estimate of drug-likeness (QED) is 0.214. The summed E-state index contributed by atoms with van der Waals surface area (Å²) in [5.74, 6) is -1.52. The summed E-state index contributed by atoms with van der Waals surface area (Å²) in [6.07, 6.45) is 1.30. The lowest BCUT2D eigenvalue weighted by Gasteiger charge is -2.10. The molecule has 0 spiro atoms. The fourth-order valence-corrected chi connectivity index (χ4v) is 3.17. The number of nitrogens with one attached hydrogen (secondary N) is 3. The molecule has 0 unspecified atom stereocenters. The number of halogens is 2. The van der Waals surface area contributed by atoms with E-state index in [9.17, 15) is 14.4 Å². The molecule has 0 atom stereocenters. The molecule has 3 amide bonds. The second-order valence-electron chi connectivity index (χ2n) is 7.09. The minimum absolute atomic E-state index is 0.293. The lowest BCUT2D eigenvalue weighted by molar-refractivity contribution is -0.136. The van der Waals surface area contributed by atoms with Crippen molar-refractivity contribution >= 4 is 58.5 Å². The third-order valence-electron chi connectivity index (χ3n) is 4.49. The average molecular weight is 529 g/mol. The molecule has 0 fully saturated rings. The van der Waals surface area contributed by atoms with Gasteiger partial charge in [0.25, 0.3) is 5.91 Å². The minimum Gasteiger partial charge on any atom is -0.492 e. The molecule has 0 bridgehead atoms. The molecule has 0 aromatic heterocycles. The van der Waals surface area contributed by atoms with Crippen LogP contribution in [0.1, 0.15) is 12.5 Å². The molecule has 11 heteroatoms. The molecule has 0 radical (unpaired) electrons. The number of benzene rings is 3. The van der Waals surface area contributed by atoms with E-state index in [0.29, 0.717) is 45.1 Å². The number of carbonyl (C=O) groups excluding carboxylic acids is 3. The third-order valence-corrected chi connectivity index (χ3v) is 5.23. The van der Waals surface area contributed by atoms with Gasteiger partial charge in [-0.1, -0.05) is 47.5 Å². The van der Waals surface area contributed by atoms with Gasteiger partial charge in [0.1, 0.15) is 11.5 Å². The zero-order valence-electron chi connectivity index (χ0n) is 19.1. The van der Waals surface area contributed by atoms with Crippen molar-refractivity contribution < 1.29 is 23.9 Å². The van der Waals surface area contributed by atoms with Crippen molar-refractivity contribution in [2.45, 2.75) is 6.92 Å². The predicted molar refractivity (Wildman–Crippen MR) is 139 cm³/mol. The van der Waals surface area contributed by atoms with Crippen molar-refractivity contribution in [2.75, 3.05) is 23.8 Å². The van der Waals surface area contributed by atoms with Crippen LogP contribution in [0, 0.1) is 0 Å². The predicted octanol–water partition coefficient (Wildman–Crippen LogP) is 4.50. The van der Waals surface area contributed by atoms with Gasteiger partial charge in [-0.25, -0.2) is 5.43 Å². The molecule has 3 rings (SSSR count). The summed E-state index contributed by atoms with van der Waals surface area (Å²) in [6, 6.07) is 18.2. The standard InChI is InChI=1S/C25H22Cl2N4O5/c1-2-35-22-10-6-4-8-20(22)30-24(33)25(34)31-28-14-16-7-3-5-9-21(16)36-15-23(32)29-17-11-12-18(26)19(27)13-17/h3-14H,2,15H2,1H3,(H,29,32)(H,30,33)(H,31,34)/b28-14-. The summed E-state index contributed by atoms with van der Waals surface area (Å²) >= 11 is 11.8. The maximum absolute atomic E-state index is 12.2.